The number of aromatic carboxylic acids is 1. The number of aryl methyl sites for hydroxylation is 1. The van der Waals surface area contributed by atoms with Crippen LogP contribution >= 0.6 is 11.6 Å². The molecule has 11 heavy (non-hydrogen) atoms. The average Bonchev–Trinajstić information content (AvgIpc) is 1.94. The van der Waals surface area contributed by atoms with Crippen LogP contribution in [0.3, 0.4) is 0 Å². The third-order valence-electron chi connectivity index (χ3n) is 0.954. The Morgan fingerprint density at radius 1 is 1.55 bits per heavy atom. The van der Waals surface area contributed by atoms with Gasteiger partial charge in [0.25, 0.3) is 0 Å². The Morgan fingerprint density at radius 2 is 2.18 bits per heavy atom. The van der Waals surface area contributed by atoms with Gasteiger partial charge in [0.15, 0.2) is 10.8 Å². The minimum absolute atomic E-state index is 0.192. The molecule has 1 aromatic heterocycles. The molecular weight excluding hydrogens is 170 g/mol. The Morgan fingerprint density at radius 3 is 2.64 bits per heavy atom. The monoisotopic (exact) mass is 173 g/mol. The molecule has 58 valence electrons. The van der Waals surface area contributed by atoms with Gasteiger partial charge in [-0.2, -0.15) is 0 Å². The van der Waals surface area contributed by atoms with Crippen LogP contribution in [0.5, 0.6) is 0 Å². The third kappa shape index (κ3) is 1.62. The molecule has 0 aliphatic rings. The minimum Gasteiger partial charge on any atom is -0.476 e. The molecule has 6 heteroatoms. The second kappa shape index (κ2) is 2.79. The molecule has 0 aliphatic carbocycles. The zero-order chi connectivity index (χ0) is 8.43. The first-order valence-corrected chi connectivity index (χ1v) is 3.09. The highest BCUT2D eigenvalue weighted by molar-refractivity contribution is 6.31. The predicted molar refractivity (Wildman–Crippen MR) is 36.5 cm³/mol. The van der Waals surface area contributed by atoms with Crippen molar-refractivity contribution in [1.82, 2.24) is 15.2 Å². The van der Waals surface area contributed by atoms with Gasteiger partial charge in [-0.05, 0) is 6.92 Å². The number of rotatable bonds is 1. The first-order valence-electron chi connectivity index (χ1n) is 2.71. The van der Waals surface area contributed by atoms with Gasteiger partial charge < -0.3 is 5.11 Å². The maximum absolute atomic E-state index is 10.4. The van der Waals surface area contributed by atoms with Crippen LogP contribution in [0.2, 0.25) is 5.15 Å². The van der Waals surface area contributed by atoms with E-state index in [1.807, 2.05) is 0 Å². The van der Waals surface area contributed by atoms with Crippen LogP contribution in [-0.2, 0) is 0 Å². The lowest BCUT2D eigenvalue weighted by atomic mass is 10.5. The molecule has 0 unspecified atom stereocenters. The number of carboxylic acids is 1. The fourth-order valence-electron chi connectivity index (χ4n) is 0.530. The van der Waals surface area contributed by atoms with Crippen molar-refractivity contribution in [2.24, 2.45) is 0 Å². The lowest BCUT2D eigenvalue weighted by Gasteiger charge is -1.95. The molecule has 0 saturated carbocycles. The van der Waals surface area contributed by atoms with E-state index < -0.39 is 5.97 Å². The summed E-state index contributed by atoms with van der Waals surface area (Å²) in [4.78, 5) is 13.9. The zero-order valence-corrected chi connectivity index (χ0v) is 6.33. The molecule has 1 N–H and O–H groups in total. The van der Waals surface area contributed by atoms with Gasteiger partial charge in [0.2, 0.25) is 0 Å². The van der Waals surface area contributed by atoms with E-state index in [4.69, 9.17) is 16.7 Å². The van der Waals surface area contributed by atoms with Gasteiger partial charge in [0.05, 0.1) is 0 Å². The molecule has 0 radical (unpaired) electrons. The van der Waals surface area contributed by atoms with Gasteiger partial charge in [-0.15, -0.1) is 10.2 Å². The van der Waals surface area contributed by atoms with Crippen LogP contribution in [-0.4, -0.2) is 26.3 Å². The molecule has 0 aliphatic heterocycles. The van der Waals surface area contributed by atoms with Crippen molar-refractivity contribution in [2.75, 3.05) is 0 Å². The van der Waals surface area contributed by atoms with Gasteiger partial charge in [0, 0.05) is 0 Å². The molecule has 1 aromatic rings. The van der Waals surface area contributed by atoms with Crippen molar-refractivity contribution in [2.45, 2.75) is 6.92 Å². The van der Waals surface area contributed by atoms with E-state index in [1.165, 1.54) is 6.92 Å². The highest BCUT2D eigenvalue weighted by Crippen LogP contribution is 2.07. The number of nitrogens with zero attached hydrogens (tertiary/aromatic N) is 3. The van der Waals surface area contributed by atoms with Crippen LogP contribution in [0, 0.1) is 6.92 Å². The number of halogens is 1. The Hall–Kier alpha value is -1.23. The van der Waals surface area contributed by atoms with Gasteiger partial charge in [-0.1, -0.05) is 11.6 Å². The minimum atomic E-state index is -1.20. The molecule has 0 aromatic carbocycles. The summed E-state index contributed by atoms with van der Waals surface area (Å²) in [7, 11) is 0. The Labute approximate surface area is 67.0 Å². The van der Waals surface area contributed by atoms with Crippen LogP contribution in [0.15, 0.2) is 0 Å². The number of carbonyl (C=O) groups is 1. The second-order valence-electron chi connectivity index (χ2n) is 1.80. The fraction of sp³-hybridized carbons (Fsp3) is 0.200. The lowest BCUT2D eigenvalue weighted by Crippen LogP contribution is -2.06. The summed E-state index contributed by atoms with van der Waals surface area (Å²) in [6, 6.07) is 0. The Kier molecular flexibility index (Phi) is 2.00. The molecule has 1 heterocycles. The fourth-order valence-corrected chi connectivity index (χ4v) is 0.691. The van der Waals surface area contributed by atoms with E-state index in [9.17, 15) is 4.79 Å². The molecule has 0 amide bonds. The molecule has 0 spiro atoms. The molecule has 0 atom stereocenters. The number of carboxylic acid groups (broad SMARTS) is 1. The molecule has 0 saturated heterocycles. The SMILES string of the molecule is Cc1nnc(Cl)c(C(=O)O)n1. The molecule has 5 nitrogen and oxygen atoms in total. The van der Waals surface area contributed by atoms with E-state index in [0.29, 0.717) is 0 Å². The number of aromatic nitrogens is 3. The highest BCUT2D eigenvalue weighted by Gasteiger charge is 2.11. The van der Waals surface area contributed by atoms with Crippen molar-refractivity contribution < 1.29 is 9.90 Å². The summed E-state index contributed by atoms with van der Waals surface area (Å²) in [6.45, 7) is 1.54. The van der Waals surface area contributed by atoms with Crippen LogP contribution in [0.1, 0.15) is 16.3 Å². The van der Waals surface area contributed by atoms with E-state index in [1.54, 1.807) is 0 Å². The standard InChI is InChI=1S/C5H4ClN3O2/c1-2-7-3(5(10)11)4(6)9-8-2/h1H3,(H,10,11). The summed E-state index contributed by atoms with van der Waals surface area (Å²) in [5.41, 5.74) is -0.265. The van der Waals surface area contributed by atoms with Crippen molar-refractivity contribution in [3.63, 3.8) is 0 Å². The van der Waals surface area contributed by atoms with Crippen molar-refractivity contribution >= 4 is 17.6 Å². The molecule has 1 rings (SSSR count). The summed E-state index contributed by atoms with van der Waals surface area (Å²) >= 11 is 5.37. The van der Waals surface area contributed by atoms with Crippen molar-refractivity contribution in [3.05, 3.63) is 16.7 Å². The first-order chi connectivity index (χ1) is 5.11. The van der Waals surface area contributed by atoms with Crippen LogP contribution < -0.4 is 0 Å². The number of hydrogen-bond donors (Lipinski definition) is 1. The van der Waals surface area contributed by atoms with Gasteiger partial charge in [-0.25, -0.2) is 9.78 Å². The smallest absolute Gasteiger partial charge is 0.357 e. The van der Waals surface area contributed by atoms with Crippen LogP contribution in [0.4, 0.5) is 0 Å². The molecule has 0 fully saturated rings. The zero-order valence-electron chi connectivity index (χ0n) is 5.58. The maximum atomic E-state index is 10.4. The van der Waals surface area contributed by atoms with E-state index in [-0.39, 0.29) is 16.7 Å². The predicted octanol–water partition coefficient (Wildman–Crippen LogP) is 0.532. The summed E-state index contributed by atoms with van der Waals surface area (Å²) in [5.74, 6) is -0.917. The highest BCUT2D eigenvalue weighted by atomic mass is 35.5. The molecule has 0 bridgehead atoms. The average molecular weight is 174 g/mol. The van der Waals surface area contributed by atoms with Crippen molar-refractivity contribution in [3.8, 4) is 0 Å². The first kappa shape index (κ1) is 7.87. The Balaban J connectivity index is 3.23. The normalized spacial score (nSPS) is 9.64. The van der Waals surface area contributed by atoms with Gasteiger partial charge in [-0.3, -0.25) is 0 Å². The summed E-state index contributed by atoms with van der Waals surface area (Å²) in [6.07, 6.45) is 0. The van der Waals surface area contributed by atoms with E-state index >= 15 is 0 Å². The maximum Gasteiger partial charge on any atom is 0.357 e. The second-order valence-corrected chi connectivity index (χ2v) is 2.16. The van der Waals surface area contributed by atoms with Crippen molar-refractivity contribution in [1.29, 1.82) is 0 Å². The summed E-state index contributed by atoms with van der Waals surface area (Å²) < 4.78 is 0. The van der Waals surface area contributed by atoms with E-state index in [0.717, 1.165) is 0 Å². The number of hydrogen-bond acceptors (Lipinski definition) is 4. The van der Waals surface area contributed by atoms with Crippen LogP contribution in [0.25, 0.3) is 0 Å². The summed E-state index contributed by atoms with van der Waals surface area (Å²) in [5, 5.41) is 15.1. The largest absolute Gasteiger partial charge is 0.476 e. The van der Waals surface area contributed by atoms with Gasteiger partial charge >= 0.3 is 5.97 Å². The van der Waals surface area contributed by atoms with E-state index in [2.05, 4.69) is 15.2 Å². The van der Waals surface area contributed by atoms with Gasteiger partial charge in [0.1, 0.15) is 5.82 Å². The lowest BCUT2D eigenvalue weighted by molar-refractivity contribution is 0.0689. The Bertz CT molecular complexity index is 302. The topological polar surface area (TPSA) is 76.0 Å². The third-order valence-corrected chi connectivity index (χ3v) is 1.21. The molecular formula is C5H4ClN3O2. The quantitative estimate of drug-likeness (QED) is 0.671.